The van der Waals surface area contributed by atoms with Crippen LogP contribution in [0.3, 0.4) is 0 Å². The first-order valence-corrected chi connectivity index (χ1v) is 19.9. The highest BCUT2D eigenvalue weighted by Gasteiger charge is 2.26. The maximum Gasteiger partial charge on any atom is 0.157 e. The normalized spacial score (nSPS) is 11.8. The molecule has 0 amide bonds. The van der Waals surface area contributed by atoms with Crippen LogP contribution in [0.2, 0.25) is 0 Å². The van der Waals surface area contributed by atoms with Crippen molar-refractivity contribution < 1.29 is 4.48 Å². The lowest BCUT2D eigenvalue weighted by Crippen LogP contribution is -2.22. The zero-order chi connectivity index (χ0) is 38.0. The molecule has 2 aliphatic rings. The van der Waals surface area contributed by atoms with E-state index in [1.54, 1.807) is 23.5 Å². The summed E-state index contributed by atoms with van der Waals surface area (Å²) >= 11 is 1.64. The van der Waals surface area contributed by atoms with Crippen LogP contribution < -0.4 is 5.73 Å². The molecule has 2 aliphatic carbocycles. The van der Waals surface area contributed by atoms with Crippen molar-refractivity contribution in [3.05, 3.63) is 213 Å². The smallest absolute Gasteiger partial charge is 0.157 e. The van der Waals surface area contributed by atoms with Crippen LogP contribution in [0.4, 0.5) is 4.48 Å². The first-order valence-electron chi connectivity index (χ1n) is 19.0. The van der Waals surface area contributed by atoms with Crippen LogP contribution in [0, 0.1) is 5.41 Å². The molecule has 1 aromatic heterocycles. The average molecular weight is 746 g/mol. The Morgan fingerprint density at radius 1 is 0.536 bits per heavy atom. The summed E-state index contributed by atoms with van der Waals surface area (Å²) in [6.45, 7) is 0.636. The summed E-state index contributed by atoms with van der Waals surface area (Å²) < 4.78 is 14.7. The lowest BCUT2D eigenvalue weighted by atomic mass is 9.89. The van der Waals surface area contributed by atoms with Gasteiger partial charge in [-0.3, -0.25) is 5.41 Å². The van der Waals surface area contributed by atoms with E-state index in [-0.39, 0.29) is 12.4 Å². The van der Waals surface area contributed by atoms with Crippen molar-refractivity contribution in [2.45, 2.75) is 25.9 Å². The van der Waals surface area contributed by atoms with Crippen LogP contribution >= 0.6 is 11.3 Å². The second kappa shape index (κ2) is 15.4. The Bertz CT molecular complexity index is 2680. The first kappa shape index (κ1) is 35.3. The molecule has 3 N–H and O–H groups in total. The van der Waals surface area contributed by atoms with Gasteiger partial charge in [0.05, 0.1) is 6.54 Å². The van der Waals surface area contributed by atoms with Gasteiger partial charge in [0.15, 0.2) is 5.84 Å². The van der Waals surface area contributed by atoms with Gasteiger partial charge in [-0.1, -0.05) is 156 Å². The molecule has 272 valence electrons. The van der Waals surface area contributed by atoms with Gasteiger partial charge in [-0.05, 0) is 125 Å². The summed E-state index contributed by atoms with van der Waals surface area (Å²) in [6.07, 6.45) is 2.03. The minimum Gasteiger partial charge on any atom is -0.326 e. The molecular weight excluding hydrogens is 706 g/mol. The minimum atomic E-state index is -0.138. The van der Waals surface area contributed by atoms with E-state index in [2.05, 4.69) is 84.2 Å². The summed E-state index contributed by atoms with van der Waals surface area (Å²) in [7, 11) is 0. The predicted molar refractivity (Wildman–Crippen MR) is 231 cm³/mol. The van der Waals surface area contributed by atoms with E-state index >= 15 is 0 Å². The minimum absolute atomic E-state index is 0.0389. The Kier molecular flexibility index (Phi) is 9.70. The van der Waals surface area contributed by atoms with Gasteiger partial charge >= 0.3 is 0 Å². The van der Waals surface area contributed by atoms with E-state index in [1.165, 1.54) is 61.2 Å². The lowest BCUT2D eigenvalue weighted by Gasteiger charge is -2.16. The largest absolute Gasteiger partial charge is 0.326 e. The van der Waals surface area contributed by atoms with Crippen molar-refractivity contribution in [2.75, 3.05) is 0 Å². The molecule has 8 aromatic rings. The number of thiophene rings is 1. The van der Waals surface area contributed by atoms with Crippen LogP contribution in [-0.4, -0.2) is 11.0 Å². The molecule has 0 saturated heterocycles. The van der Waals surface area contributed by atoms with E-state index < -0.39 is 0 Å². The maximum atomic E-state index is 14.7. The zero-order valence-corrected chi connectivity index (χ0v) is 31.7. The van der Waals surface area contributed by atoms with Gasteiger partial charge < -0.3 is 5.73 Å². The number of amidine groups is 1. The van der Waals surface area contributed by atoms with Gasteiger partial charge in [0.2, 0.25) is 0 Å². The molecule has 0 bridgehead atoms. The summed E-state index contributed by atoms with van der Waals surface area (Å²) in [5, 5.41) is 12.8. The highest BCUT2D eigenvalue weighted by atomic mass is 32.1. The Morgan fingerprint density at radius 2 is 1.14 bits per heavy atom. The van der Waals surface area contributed by atoms with Crippen LogP contribution in [-0.2, 0) is 25.9 Å². The van der Waals surface area contributed by atoms with E-state index in [9.17, 15) is 4.48 Å². The van der Waals surface area contributed by atoms with Gasteiger partial charge in [-0.15, -0.1) is 0 Å². The molecule has 3 nitrogen and oxygen atoms in total. The molecule has 10 rings (SSSR count). The molecule has 0 unspecified atom stereocenters. The Hall–Kier alpha value is -6.40. The topological polar surface area (TPSA) is 53.1 Å². The highest BCUT2D eigenvalue weighted by Crippen LogP contribution is 2.48. The Morgan fingerprint density at radius 3 is 1.86 bits per heavy atom. The van der Waals surface area contributed by atoms with E-state index in [0.29, 0.717) is 17.2 Å². The van der Waals surface area contributed by atoms with Gasteiger partial charge in [-0.25, -0.2) is 0 Å². The molecule has 56 heavy (non-hydrogen) atoms. The summed E-state index contributed by atoms with van der Waals surface area (Å²) in [6, 6.07) is 56.4. The molecule has 0 radical (unpaired) electrons. The number of fused-ring (bicyclic) bond motifs is 6. The van der Waals surface area contributed by atoms with Crippen LogP contribution in [0.25, 0.3) is 55.6 Å². The number of hydrogen-bond donors (Lipinski definition) is 2. The number of hydrogen-bond acceptors (Lipinski definition) is 3. The second-order valence-electron chi connectivity index (χ2n) is 14.4. The fourth-order valence-electron chi connectivity index (χ4n) is 8.18. The average Bonchev–Trinajstić information content (AvgIpc) is 4.02. The van der Waals surface area contributed by atoms with Gasteiger partial charge in [0.1, 0.15) is 0 Å². The fourth-order valence-corrected chi connectivity index (χ4v) is 8.85. The molecule has 0 aliphatic heterocycles. The fraction of sp³-hybridized carbons (Fsp3) is 0.0784. The molecule has 0 saturated carbocycles. The number of nitrogens with zero attached hydrogens (tertiary/aromatic N) is 1. The SMILES string of the molecule is N=C(c1ccc(-c2ccccc2)cc1)N(F)Cc1cccc(-c2ccsc2)c1.NCc1ccc2c(c1)Cc1cccc(-c3cccc4c3-c3ccccc3C4)c1-2. The quantitative estimate of drug-likeness (QED) is 0.0969. The summed E-state index contributed by atoms with van der Waals surface area (Å²) in [5.41, 5.74) is 26.8. The van der Waals surface area contributed by atoms with E-state index in [1.807, 2.05) is 78.2 Å². The van der Waals surface area contributed by atoms with Crippen molar-refractivity contribution in [3.63, 3.8) is 0 Å². The summed E-state index contributed by atoms with van der Waals surface area (Å²) in [5.74, 6) is -0.138. The van der Waals surface area contributed by atoms with Gasteiger partial charge in [0.25, 0.3) is 0 Å². The third kappa shape index (κ3) is 6.88. The lowest BCUT2D eigenvalue weighted by molar-refractivity contribution is 0.111. The monoisotopic (exact) mass is 745 g/mol. The number of nitrogens with two attached hydrogens (primary N) is 1. The first-order chi connectivity index (χ1) is 27.5. The number of rotatable bonds is 7. The van der Waals surface area contributed by atoms with Crippen molar-refractivity contribution in [2.24, 2.45) is 5.73 Å². The number of nitrogens with one attached hydrogen (secondary N) is 1. The Labute approximate surface area is 331 Å². The second-order valence-corrected chi connectivity index (χ2v) is 15.2. The predicted octanol–water partition coefficient (Wildman–Crippen LogP) is 12.7. The van der Waals surface area contributed by atoms with Crippen molar-refractivity contribution in [1.29, 1.82) is 5.41 Å². The number of halogens is 1. The molecule has 0 atom stereocenters. The van der Waals surface area contributed by atoms with Gasteiger partial charge in [0, 0.05) is 12.1 Å². The molecule has 0 spiro atoms. The van der Waals surface area contributed by atoms with Crippen LogP contribution in [0.1, 0.15) is 38.9 Å². The zero-order valence-electron chi connectivity index (χ0n) is 30.9. The molecule has 5 heteroatoms. The van der Waals surface area contributed by atoms with E-state index in [0.717, 1.165) is 40.7 Å². The third-order valence-corrected chi connectivity index (χ3v) is 11.6. The van der Waals surface area contributed by atoms with Crippen LogP contribution in [0.5, 0.6) is 0 Å². The highest BCUT2D eigenvalue weighted by molar-refractivity contribution is 7.08. The van der Waals surface area contributed by atoms with Crippen LogP contribution in [0.15, 0.2) is 175 Å². The standard InChI is InChI=1S/C27H21N.C24H19FN2S/c28-16-17-11-12-23-21(13-17)15-20-7-4-10-25(27(20)23)24-9-3-6-19-14-18-5-1-2-8-22(18)26(19)24;25-27(16-18-5-4-8-22(15-18)23-13-14-28-17-23)24(26)21-11-9-20(10-12-21)19-6-2-1-3-7-19/h1-13H,14-16,28H2;1-15,17,26H,16H2. The third-order valence-electron chi connectivity index (χ3n) is 10.9. The molecule has 0 fully saturated rings. The van der Waals surface area contributed by atoms with Crippen molar-refractivity contribution in [1.82, 2.24) is 5.12 Å². The molecule has 1 heterocycles. The summed E-state index contributed by atoms with van der Waals surface area (Å²) in [4.78, 5) is 0. The maximum absolute atomic E-state index is 14.7. The molecular formula is C51H40FN3S. The van der Waals surface area contributed by atoms with E-state index in [4.69, 9.17) is 11.1 Å². The van der Waals surface area contributed by atoms with Crippen molar-refractivity contribution in [3.8, 4) is 55.6 Å². The Balaban J connectivity index is 0.000000146. The van der Waals surface area contributed by atoms with Gasteiger partial charge in [-0.2, -0.15) is 16.5 Å². The molecule has 7 aromatic carbocycles. The van der Waals surface area contributed by atoms with Crippen molar-refractivity contribution >= 4 is 17.2 Å². The number of benzene rings is 7.